The Morgan fingerprint density at radius 3 is 2.52 bits per heavy atom. The molecule has 2 heterocycles. The Labute approximate surface area is 163 Å². The van der Waals surface area contributed by atoms with Crippen LogP contribution in [0.5, 0.6) is 0 Å². The molecule has 1 fully saturated rings. The molecule has 1 aliphatic rings. The molecule has 0 radical (unpaired) electrons. The summed E-state index contributed by atoms with van der Waals surface area (Å²) in [4.78, 5) is 0.679. The molecule has 0 bridgehead atoms. The van der Waals surface area contributed by atoms with E-state index in [1.807, 2.05) is 5.38 Å². The highest BCUT2D eigenvalue weighted by atomic mass is 32.2. The normalized spacial score (nSPS) is 19.6. The molecule has 1 aromatic heterocycles. The van der Waals surface area contributed by atoms with Gasteiger partial charge >= 0.3 is 0 Å². The molecule has 3 rings (SSSR count). The lowest BCUT2D eigenvalue weighted by atomic mass is 10.1. The Morgan fingerprint density at radius 1 is 1.22 bits per heavy atom. The third-order valence-electron chi connectivity index (χ3n) is 4.44. The number of anilines is 1. The molecular formula is C17H22N2O5S3. The number of benzene rings is 1. The average molecular weight is 431 g/mol. The largest absolute Gasteiger partial charge is 0.383 e. The van der Waals surface area contributed by atoms with E-state index in [-0.39, 0.29) is 17.2 Å². The number of nitrogens with zero attached hydrogens (tertiary/aromatic N) is 1. The molecule has 148 valence electrons. The summed E-state index contributed by atoms with van der Waals surface area (Å²) in [5, 5.41) is 12.3. The Hall–Kier alpha value is -1.46. The molecular weight excluding hydrogens is 408 g/mol. The molecule has 10 heteroatoms. The second kappa shape index (κ2) is 7.51. The Kier molecular flexibility index (Phi) is 5.64. The van der Waals surface area contributed by atoms with Crippen LogP contribution < -0.4 is 9.03 Å². The Morgan fingerprint density at radius 2 is 1.93 bits per heavy atom. The third-order valence-corrected chi connectivity index (χ3v) is 8.85. The zero-order valence-electron chi connectivity index (χ0n) is 14.8. The van der Waals surface area contributed by atoms with Crippen molar-refractivity contribution in [2.24, 2.45) is 0 Å². The lowest BCUT2D eigenvalue weighted by Crippen LogP contribution is -2.38. The molecule has 0 saturated carbocycles. The zero-order chi connectivity index (χ0) is 19.7. The first-order chi connectivity index (χ1) is 12.6. The molecule has 0 unspecified atom stereocenters. The smallest absolute Gasteiger partial charge is 0.240 e. The fraction of sp³-hybridized carbons (Fsp3) is 0.412. The molecule has 7 nitrogen and oxygen atoms in total. The van der Waals surface area contributed by atoms with Gasteiger partial charge in [0.1, 0.15) is 5.60 Å². The number of aliphatic hydroxyl groups is 1. The monoisotopic (exact) mass is 430 g/mol. The van der Waals surface area contributed by atoms with E-state index in [9.17, 15) is 21.9 Å². The third kappa shape index (κ3) is 4.52. The van der Waals surface area contributed by atoms with Crippen molar-refractivity contribution < 1.29 is 21.9 Å². The fourth-order valence-electron chi connectivity index (χ4n) is 2.86. The van der Waals surface area contributed by atoms with Gasteiger partial charge in [-0.3, -0.25) is 4.31 Å². The summed E-state index contributed by atoms with van der Waals surface area (Å²) in [6.07, 6.45) is 1.41. The van der Waals surface area contributed by atoms with Crippen LogP contribution in [0.15, 0.2) is 46.7 Å². The summed E-state index contributed by atoms with van der Waals surface area (Å²) < 4.78 is 53.1. The van der Waals surface area contributed by atoms with Crippen LogP contribution in [0.1, 0.15) is 24.6 Å². The first kappa shape index (κ1) is 20.3. The van der Waals surface area contributed by atoms with E-state index in [2.05, 4.69) is 4.72 Å². The van der Waals surface area contributed by atoms with Gasteiger partial charge in [0, 0.05) is 18.0 Å². The topological polar surface area (TPSA) is 104 Å². The van der Waals surface area contributed by atoms with E-state index in [0.717, 1.165) is 6.42 Å². The summed E-state index contributed by atoms with van der Waals surface area (Å²) in [7, 11) is -7.18. The van der Waals surface area contributed by atoms with Crippen molar-refractivity contribution in [3.05, 3.63) is 46.7 Å². The predicted octanol–water partition coefficient (Wildman–Crippen LogP) is 1.86. The van der Waals surface area contributed by atoms with Crippen molar-refractivity contribution in [1.29, 1.82) is 0 Å². The average Bonchev–Trinajstić information content (AvgIpc) is 3.16. The second-order valence-corrected chi connectivity index (χ2v) is 11.4. The van der Waals surface area contributed by atoms with Crippen LogP contribution in [-0.4, -0.2) is 40.8 Å². The molecule has 0 aliphatic carbocycles. The molecule has 1 aliphatic heterocycles. The summed E-state index contributed by atoms with van der Waals surface area (Å²) in [5.41, 5.74) is -0.859. The van der Waals surface area contributed by atoms with E-state index >= 15 is 0 Å². The number of thiophene rings is 1. The quantitative estimate of drug-likeness (QED) is 0.728. The summed E-state index contributed by atoms with van der Waals surface area (Å²) >= 11 is 1.35. The van der Waals surface area contributed by atoms with Crippen molar-refractivity contribution in [2.75, 3.05) is 23.1 Å². The maximum atomic E-state index is 12.5. The standard InChI is InChI=1S/C17H22N2O5S3/c1-17(20,16-5-4-11-25-16)13-18-27(23,24)15-8-6-14(7-9-15)19-10-2-3-12-26(19,21)22/h4-9,11,18,20H,2-3,10,12-13H2,1H3/t17-/m0/s1. The van der Waals surface area contributed by atoms with Crippen molar-refractivity contribution in [3.63, 3.8) is 0 Å². The van der Waals surface area contributed by atoms with Gasteiger partial charge in [0.2, 0.25) is 20.0 Å². The van der Waals surface area contributed by atoms with Gasteiger partial charge in [0.05, 0.1) is 16.3 Å². The van der Waals surface area contributed by atoms with E-state index in [4.69, 9.17) is 0 Å². The molecule has 1 saturated heterocycles. The Bertz CT molecular complexity index is 982. The lowest BCUT2D eigenvalue weighted by molar-refractivity contribution is 0.0666. The van der Waals surface area contributed by atoms with E-state index in [0.29, 0.717) is 23.5 Å². The highest BCUT2D eigenvalue weighted by molar-refractivity contribution is 7.92. The minimum atomic E-state index is -3.83. The van der Waals surface area contributed by atoms with Gasteiger partial charge in [-0.25, -0.2) is 21.6 Å². The van der Waals surface area contributed by atoms with Gasteiger partial charge in [-0.2, -0.15) is 0 Å². The van der Waals surface area contributed by atoms with Gasteiger partial charge in [-0.15, -0.1) is 11.3 Å². The molecule has 0 amide bonds. The minimum Gasteiger partial charge on any atom is -0.383 e. The van der Waals surface area contributed by atoms with E-state index in [1.165, 1.54) is 39.9 Å². The zero-order valence-corrected chi connectivity index (χ0v) is 17.3. The molecule has 27 heavy (non-hydrogen) atoms. The summed E-state index contributed by atoms with van der Waals surface area (Å²) in [6.45, 7) is 1.78. The molecule has 1 aromatic carbocycles. The minimum absolute atomic E-state index is 0.0163. The number of rotatable bonds is 6. The van der Waals surface area contributed by atoms with Gasteiger partial charge in [-0.05, 0) is 55.5 Å². The van der Waals surface area contributed by atoms with Crippen LogP contribution in [0.2, 0.25) is 0 Å². The first-order valence-corrected chi connectivity index (χ1v) is 12.5. The van der Waals surface area contributed by atoms with Crippen LogP contribution in [0, 0.1) is 0 Å². The van der Waals surface area contributed by atoms with Crippen molar-refractivity contribution in [2.45, 2.75) is 30.3 Å². The van der Waals surface area contributed by atoms with E-state index < -0.39 is 25.6 Å². The van der Waals surface area contributed by atoms with Crippen molar-refractivity contribution in [3.8, 4) is 0 Å². The second-order valence-electron chi connectivity index (χ2n) is 6.66. The van der Waals surface area contributed by atoms with Gasteiger partial charge in [0.15, 0.2) is 0 Å². The first-order valence-electron chi connectivity index (χ1n) is 8.48. The SMILES string of the molecule is C[C@](O)(CNS(=O)(=O)c1ccc(N2CCCCS2(=O)=O)cc1)c1cccs1. The number of nitrogens with one attached hydrogen (secondary N) is 1. The van der Waals surface area contributed by atoms with Gasteiger partial charge in [0.25, 0.3) is 0 Å². The molecule has 0 spiro atoms. The molecule has 2 N–H and O–H groups in total. The van der Waals surface area contributed by atoms with Gasteiger partial charge in [-0.1, -0.05) is 6.07 Å². The maximum absolute atomic E-state index is 12.5. The van der Waals surface area contributed by atoms with E-state index in [1.54, 1.807) is 19.1 Å². The van der Waals surface area contributed by atoms with Crippen LogP contribution in [-0.2, 0) is 25.6 Å². The summed E-state index contributed by atoms with van der Waals surface area (Å²) in [5.74, 6) is 0.104. The summed E-state index contributed by atoms with van der Waals surface area (Å²) in [6, 6.07) is 9.27. The van der Waals surface area contributed by atoms with Crippen LogP contribution >= 0.6 is 11.3 Å². The highest BCUT2D eigenvalue weighted by Crippen LogP contribution is 2.26. The Balaban J connectivity index is 1.74. The maximum Gasteiger partial charge on any atom is 0.240 e. The number of sulfonamides is 2. The predicted molar refractivity (Wildman–Crippen MR) is 106 cm³/mol. The number of hydrogen-bond acceptors (Lipinski definition) is 6. The fourth-order valence-corrected chi connectivity index (χ4v) is 6.42. The van der Waals surface area contributed by atoms with Crippen molar-refractivity contribution in [1.82, 2.24) is 4.72 Å². The lowest BCUT2D eigenvalue weighted by Gasteiger charge is -2.28. The van der Waals surface area contributed by atoms with Crippen LogP contribution in [0.4, 0.5) is 5.69 Å². The van der Waals surface area contributed by atoms with Crippen molar-refractivity contribution >= 4 is 37.1 Å². The number of hydrogen-bond donors (Lipinski definition) is 2. The highest BCUT2D eigenvalue weighted by Gasteiger charge is 2.28. The van der Waals surface area contributed by atoms with Gasteiger partial charge < -0.3 is 5.11 Å². The van der Waals surface area contributed by atoms with Crippen LogP contribution in [0.25, 0.3) is 0 Å². The molecule has 1 atom stereocenters. The molecule has 2 aromatic rings. The van der Waals surface area contributed by atoms with Crippen LogP contribution in [0.3, 0.4) is 0 Å².